The summed E-state index contributed by atoms with van der Waals surface area (Å²) in [6, 6.07) is 13.5. The van der Waals surface area contributed by atoms with Crippen molar-refractivity contribution in [2.45, 2.75) is 19.8 Å². The molecule has 2 aromatic carbocycles. The van der Waals surface area contributed by atoms with Crippen molar-refractivity contribution in [2.75, 3.05) is 13.2 Å². The van der Waals surface area contributed by atoms with Crippen LogP contribution < -0.4 is 30.0 Å². The SMILES string of the molecule is CCOc1cc(/C=c2\sc3n(c2=O)C(N)=C(C#N)[C@@H](c2ccc(O)c(OCC)c2)C=3C#N)ccc1O. The second-order valence-corrected chi connectivity index (χ2v) is 8.78. The van der Waals surface area contributed by atoms with E-state index in [2.05, 4.69) is 12.1 Å². The van der Waals surface area contributed by atoms with Gasteiger partial charge in [-0.3, -0.25) is 9.36 Å². The van der Waals surface area contributed by atoms with Crippen molar-refractivity contribution in [3.63, 3.8) is 0 Å². The first kappa shape index (κ1) is 24.5. The maximum atomic E-state index is 13.3. The Hall–Kier alpha value is -4.67. The van der Waals surface area contributed by atoms with E-state index in [4.69, 9.17) is 15.2 Å². The van der Waals surface area contributed by atoms with Gasteiger partial charge in [0.1, 0.15) is 10.5 Å². The summed E-state index contributed by atoms with van der Waals surface area (Å²) in [5.41, 5.74) is 7.19. The van der Waals surface area contributed by atoms with Crippen LogP contribution in [0.4, 0.5) is 0 Å². The van der Waals surface area contributed by atoms with E-state index in [1.165, 1.54) is 16.7 Å². The fourth-order valence-corrected chi connectivity index (χ4v) is 5.14. The Morgan fingerprint density at radius 3 is 2.25 bits per heavy atom. The average Bonchev–Trinajstić information content (AvgIpc) is 3.18. The molecule has 0 saturated carbocycles. The van der Waals surface area contributed by atoms with Crippen molar-refractivity contribution in [3.05, 3.63) is 72.6 Å². The molecule has 0 amide bonds. The molecular formula is C26H22N4O5S. The zero-order chi connectivity index (χ0) is 26.0. The van der Waals surface area contributed by atoms with E-state index < -0.39 is 11.5 Å². The molecule has 1 aromatic heterocycles. The van der Waals surface area contributed by atoms with Crippen LogP contribution in [0.5, 0.6) is 23.0 Å². The van der Waals surface area contributed by atoms with Crippen LogP contribution in [0.1, 0.15) is 30.9 Å². The molecule has 0 unspecified atom stereocenters. The minimum atomic E-state index is -0.844. The third kappa shape index (κ3) is 4.15. The number of hydrogen-bond acceptors (Lipinski definition) is 9. The number of aromatic hydroxyl groups is 2. The molecule has 0 radical (unpaired) electrons. The van der Waals surface area contributed by atoms with E-state index in [0.717, 1.165) is 11.3 Å². The number of phenols is 2. The molecule has 0 spiro atoms. The highest BCUT2D eigenvalue weighted by Crippen LogP contribution is 2.39. The van der Waals surface area contributed by atoms with Crippen LogP contribution >= 0.6 is 11.3 Å². The Balaban J connectivity index is 1.98. The lowest BCUT2D eigenvalue weighted by molar-refractivity contribution is 0.317. The molecule has 1 aliphatic heterocycles. The van der Waals surface area contributed by atoms with Crippen LogP contribution in [-0.2, 0) is 0 Å². The standard InChI is InChI=1S/C26H22N4O5S/c1-3-34-20-9-14(5-7-18(20)31)10-22-25(33)30-24(29)16(12-27)23(17(13-28)26(30)36-22)15-6-8-19(32)21(11-15)35-4-2/h5-11,23,31-32H,3-4,29H2,1-2H3/b22-10-/t23-/m1/s1. The number of phenolic OH excluding ortho intramolecular Hbond substituents is 2. The lowest BCUT2D eigenvalue weighted by Crippen LogP contribution is -2.38. The van der Waals surface area contributed by atoms with Crippen molar-refractivity contribution in [1.29, 1.82) is 10.5 Å². The van der Waals surface area contributed by atoms with Gasteiger partial charge in [0.15, 0.2) is 23.0 Å². The highest BCUT2D eigenvalue weighted by Gasteiger charge is 2.32. The summed E-state index contributed by atoms with van der Waals surface area (Å²) in [6.45, 7) is 4.23. The number of allylic oxidation sites excluding steroid dienone is 1. The number of nitriles is 2. The minimum absolute atomic E-state index is 0.0229. The van der Waals surface area contributed by atoms with Gasteiger partial charge in [-0.15, -0.1) is 11.3 Å². The van der Waals surface area contributed by atoms with E-state index in [-0.39, 0.29) is 44.5 Å². The molecule has 0 saturated heterocycles. The van der Waals surface area contributed by atoms with Crippen molar-refractivity contribution < 1.29 is 19.7 Å². The first-order valence-corrected chi connectivity index (χ1v) is 11.9. The van der Waals surface area contributed by atoms with Crippen LogP contribution in [0.15, 0.2) is 46.8 Å². The normalized spacial score (nSPS) is 15.3. The van der Waals surface area contributed by atoms with E-state index >= 15 is 0 Å². The van der Waals surface area contributed by atoms with Crippen LogP contribution in [0.2, 0.25) is 0 Å². The van der Waals surface area contributed by atoms with Gasteiger partial charge in [0, 0.05) is 0 Å². The molecule has 4 rings (SSSR count). The van der Waals surface area contributed by atoms with Crippen LogP contribution in [0, 0.1) is 22.7 Å². The number of benzene rings is 2. The molecule has 0 aliphatic carbocycles. The molecular weight excluding hydrogens is 480 g/mol. The largest absolute Gasteiger partial charge is 0.504 e. The molecule has 182 valence electrons. The average molecular weight is 503 g/mol. The molecule has 36 heavy (non-hydrogen) atoms. The maximum absolute atomic E-state index is 13.3. The second kappa shape index (κ2) is 9.90. The first-order valence-electron chi connectivity index (χ1n) is 11.0. The summed E-state index contributed by atoms with van der Waals surface area (Å²) in [4.78, 5) is 13.3. The van der Waals surface area contributed by atoms with Crippen molar-refractivity contribution in [3.8, 4) is 35.1 Å². The summed E-state index contributed by atoms with van der Waals surface area (Å²) in [5, 5.41) is 40.1. The van der Waals surface area contributed by atoms with Crippen molar-refractivity contribution >= 4 is 28.8 Å². The highest BCUT2D eigenvalue weighted by atomic mass is 32.1. The lowest BCUT2D eigenvalue weighted by Gasteiger charge is -2.22. The number of thiazole rings is 1. The number of hydrogen-bond donors (Lipinski definition) is 3. The van der Waals surface area contributed by atoms with E-state index in [1.807, 2.05) is 0 Å². The topological polar surface area (TPSA) is 155 Å². The Morgan fingerprint density at radius 2 is 1.64 bits per heavy atom. The van der Waals surface area contributed by atoms with Crippen molar-refractivity contribution in [1.82, 2.24) is 4.57 Å². The zero-order valence-electron chi connectivity index (χ0n) is 19.5. The Bertz CT molecular complexity index is 1650. The molecule has 1 aliphatic rings. The summed E-state index contributed by atoms with van der Waals surface area (Å²) in [6.07, 6.45) is 1.61. The molecule has 0 fully saturated rings. The summed E-state index contributed by atoms with van der Waals surface area (Å²) in [5.74, 6) is -0.515. The Kier molecular flexibility index (Phi) is 6.73. The minimum Gasteiger partial charge on any atom is -0.504 e. The van der Waals surface area contributed by atoms with Crippen LogP contribution in [0.3, 0.4) is 0 Å². The van der Waals surface area contributed by atoms with Gasteiger partial charge in [0.05, 0.1) is 46.9 Å². The fraction of sp³-hybridized carbons (Fsp3) is 0.192. The molecule has 10 heteroatoms. The van der Waals surface area contributed by atoms with Crippen LogP contribution in [0.25, 0.3) is 17.5 Å². The molecule has 9 nitrogen and oxygen atoms in total. The first-order chi connectivity index (χ1) is 17.3. The van der Waals surface area contributed by atoms with Gasteiger partial charge in [-0.25, -0.2) is 0 Å². The third-order valence-electron chi connectivity index (χ3n) is 5.59. The fourth-order valence-electron chi connectivity index (χ4n) is 4.01. The smallest absolute Gasteiger partial charge is 0.274 e. The van der Waals surface area contributed by atoms with Crippen molar-refractivity contribution in [2.24, 2.45) is 5.73 Å². The highest BCUT2D eigenvalue weighted by molar-refractivity contribution is 7.07. The Labute approximate surface area is 210 Å². The summed E-state index contributed by atoms with van der Waals surface area (Å²) >= 11 is 1.07. The quantitative estimate of drug-likeness (QED) is 0.463. The molecule has 4 N–H and O–H groups in total. The van der Waals surface area contributed by atoms with E-state index in [1.54, 1.807) is 44.2 Å². The number of aromatic nitrogens is 1. The number of ether oxygens (including phenoxy) is 2. The van der Waals surface area contributed by atoms with Gasteiger partial charge < -0.3 is 25.4 Å². The van der Waals surface area contributed by atoms with Gasteiger partial charge in [0.2, 0.25) is 0 Å². The number of nitrogens with zero attached hydrogens (tertiary/aromatic N) is 3. The predicted molar refractivity (Wildman–Crippen MR) is 135 cm³/mol. The number of nitrogens with two attached hydrogens (primary N) is 1. The monoisotopic (exact) mass is 502 g/mol. The van der Waals surface area contributed by atoms with E-state index in [0.29, 0.717) is 29.0 Å². The maximum Gasteiger partial charge on any atom is 0.274 e. The molecule has 3 aromatic rings. The van der Waals surface area contributed by atoms with Gasteiger partial charge in [0.25, 0.3) is 5.56 Å². The predicted octanol–water partition coefficient (Wildman–Crippen LogP) is 2.07. The third-order valence-corrected chi connectivity index (χ3v) is 6.70. The van der Waals surface area contributed by atoms with E-state index in [9.17, 15) is 25.5 Å². The van der Waals surface area contributed by atoms with Gasteiger partial charge in [-0.05, 0) is 55.3 Å². The lowest BCUT2D eigenvalue weighted by atomic mass is 9.84. The molecule has 2 heterocycles. The summed E-state index contributed by atoms with van der Waals surface area (Å²) in [7, 11) is 0. The zero-order valence-corrected chi connectivity index (χ0v) is 20.3. The molecule has 1 atom stereocenters. The van der Waals surface area contributed by atoms with Gasteiger partial charge in [-0.1, -0.05) is 12.1 Å². The van der Waals surface area contributed by atoms with Crippen LogP contribution in [-0.4, -0.2) is 28.0 Å². The summed E-state index contributed by atoms with van der Waals surface area (Å²) < 4.78 is 12.7. The second-order valence-electron chi connectivity index (χ2n) is 7.75. The Morgan fingerprint density at radius 1 is 1.03 bits per heavy atom. The van der Waals surface area contributed by atoms with Gasteiger partial charge in [-0.2, -0.15) is 10.5 Å². The number of rotatable bonds is 6. The number of fused-ring (bicyclic) bond motifs is 1. The van der Waals surface area contributed by atoms with Gasteiger partial charge >= 0.3 is 0 Å². The molecule has 0 bridgehead atoms.